The van der Waals surface area contributed by atoms with Gasteiger partial charge in [-0.15, -0.1) is 5.10 Å². The molecule has 3 rings (SSSR count). The monoisotopic (exact) mass is 230 g/mol. The number of aromatic nitrogens is 4. The molecule has 0 aliphatic heterocycles. The minimum atomic E-state index is -0.536. The van der Waals surface area contributed by atoms with Gasteiger partial charge in [-0.25, -0.2) is 0 Å². The fourth-order valence-corrected chi connectivity index (χ4v) is 1.70. The van der Waals surface area contributed by atoms with Crippen LogP contribution in [-0.2, 0) is 0 Å². The molecule has 2 heterocycles. The molecule has 0 saturated carbocycles. The van der Waals surface area contributed by atoms with Crippen LogP contribution in [0.1, 0.15) is 0 Å². The molecule has 84 valence electrons. The molecule has 0 fully saturated rings. The molecule has 0 aliphatic carbocycles. The summed E-state index contributed by atoms with van der Waals surface area (Å²) < 4.78 is 0. The van der Waals surface area contributed by atoms with Crippen LogP contribution in [0.2, 0.25) is 0 Å². The van der Waals surface area contributed by atoms with E-state index in [0.29, 0.717) is 0 Å². The number of H-pyrrole nitrogens is 2. The number of phenols is 1. The third-order valence-electron chi connectivity index (χ3n) is 2.49. The van der Waals surface area contributed by atoms with Crippen LogP contribution in [0.5, 0.6) is 5.75 Å². The number of nitrogens with zero attached hydrogens (tertiary/aromatic N) is 2. The zero-order valence-corrected chi connectivity index (χ0v) is 8.39. The van der Waals surface area contributed by atoms with Gasteiger partial charge in [0.25, 0.3) is 5.56 Å². The standard InChI is InChI=1S/C10H6N4O3/c15-4-1-2-5-6(3-4)11-10(17)8-7(9(5)16)12-14-13-8/h1-3,15H,(H,11,17)(H,12,13,14). The van der Waals surface area contributed by atoms with E-state index in [1.165, 1.54) is 18.2 Å². The van der Waals surface area contributed by atoms with Gasteiger partial charge in [0.15, 0.2) is 5.52 Å². The Labute approximate surface area is 92.7 Å². The summed E-state index contributed by atoms with van der Waals surface area (Å²) in [5.41, 5.74) is -0.672. The third kappa shape index (κ3) is 1.29. The summed E-state index contributed by atoms with van der Waals surface area (Å²) in [7, 11) is 0. The van der Waals surface area contributed by atoms with E-state index in [4.69, 9.17) is 0 Å². The summed E-state index contributed by atoms with van der Waals surface area (Å²) in [5, 5.41) is 19.0. The van der Waals surface area contributed by atoms with Gasteiger partial charge in [-0.3, -0.25) is 14.7 Å². The van der Waals surface area contributed by atoms with Crippen LogP contribution >= 0.6 is 0 Å². The van der Waals surface area contributed by atoms with Gasteiger partial charge in [-0.2, -0.15) is 0 Å². The lowest BCUT2D eigenvalue weighted by Gasteiger charge is -1.92. The second-order valence-corrected chi connectivity index (χ2v) is 3.55. The first kappa shape index (κ1) is 9.52. The molecule has 3 N–H and O–H groups in total. The van der Waals surface area contributed by atoms with Crippen LogP contribution in [0.15, 0.2) is 27.8 Å². The number of rotatable bonds is 0. The van der Waals surface area contributed by atoms with Crippen LogP contribution in [0.3, 0.4) is 0 Å². The number of hydrogen-bond donors (Lipinski definition) is 3. The van der Waals surface area contributed by atoms with Crippen LogP contribution in [-0.4, -0.2) is 25.5 Å². The van der Waals surface area contributed by atoms with Gasteiger partial charge in [0, 0.05) is 11.5 Å². The molecule has 0 atom stereocenters. The van der Waals surface area contributed by atoms with E-state index in [1.807, 2.05) is 0 Å². The molecule has 0 aliphatic rings. The number of fused-ring (bicyclic) bond motifs is 2. The van der Waals surface area contributed by atoms with Crippen molar-refractivity contribution in [3.63, 3.8) is 0 Å². The van der Waals surface area contributed by atoms with Crippen molar-refractivity contribution >= 4 is 21.9 Å². The summed E-state index contributed by atoms with van der Waals surface area (Å²) in [6.45, 7) is 0. The maximum absolute atomic E-state index is 12.1. The first-order valence-electron chi connectivity index (χ1n) is 4.77. The predicted molar refractivity (Wildman–Crippen MR) is 60.0 cm³/mol. The van der Waals surface area contributed by atoms with E-state index in [0.717, 1.165) is 0 Å². The van der Waals surface area contributed by atoms with Gasteiger partial charge >= 0.3 is 0 Å². The minimum Gasteiger partial charge on any atom is -0.508 e. The quantitative estimate of drug-likeness (QED) is 0.497. The van der Waals surface area contributed by atoms with Crippen LogP contribution in [0.25, 0.3) is 21.9 Å². The average Bonchev–Trinajstić information content (AvgIpc) is 2.74. The smallest absolute Gasteiger partial charge is 0.278 e. The highest BCUT2D eigenvalue weighted by atomic mass is 16.3. The van der Waals surface area contributed by atoms with Crippen molar-refractivity contribution in [2.24, 2.45) is 0 Å². The summed E-state index contributed by atoms with van der Waals surface area (Å²) in [4.78, 5) is 26.3. The lowest BCUT2D eigenvalue weighted by atomic mass is 10.2. The Kier molecular flexibility index (Phi) is 1.76. The van der Waals surface area contributed by atoms with Crippen LogP contribution in [0.4, 0.5) is 0 Å². The van der Waals surface area contributed by atoms with Crippen molar-refractivity contribution in [3.05, 3.63) is 38.8 Å². The molecule has 0 spiro atoms. The van der Waals surface area contributed by atoms with Gasteiger partial charge in [0.1, 0.15) is 11.3 Å². The molecule has 0 radical (unpaired) electrons. The number of nitrogens with one attached hydrogen (secondary N) is 2. The molecule has 1 aromatic carbocycles. The van der Waals surface area contributed by atoms with E-state index >= 15 is 0 Å². The zero-order chi connectivity index (χ0) is 12.0. The van der Waals surface area contributed by atoms with Crippen molar-refractivity contribution in [1.29, 1.82) is 0 Å². The zero-order valence-electron chi connectivity index (χ0n) is 8.39. The van der Waals surface area contributed by atoms with E-state index in [9.17, 15) is 14.7 Å². The molecule has 7 heteroatoms. The van der Waals surface area contributed by atoms with Crippen molar-refractivity contribution in [3.8, 4) is 5.75 Å². The number of benzene rings is 1. The normalized spacial score (nSPS) is 11.1. The fourth-order valence-electron chi connectivity index (χ4n) is 1.70. The molecule has 2 aromatic heterocycles. The number of phenolic OH excluding ortho intramolecular Hbond substituents is 1. The first-order valence-corrected chi connectivity index (χ1v) is 4.77. The Hall–Kier alpha value is -2.70. The predicted octanol–water partition coefficient (Wildman–Crippen LogP) is -0.135. The van der Waals surface area contributed by atoms with Crippen molar-refractivity contribution < 1.29 is 5.11 Å². The van der Waals surface area contributed by atoms with Gasteiger partial charge in [-0.1, -0.05) is 5.21 Å². The van der Waals surface area contributed by atoms with Gasteiger partial charge < -0.3 is 10.1 Å². The first-order chi connectivity index (χ1) is 8.16. The molecular weight excluding hydrogens is 224 g/mol. The summed E-state index contributed by atoms with van der Waals surface area (Å²) in [6.07, 6.45) is 0. The molecule has 0 unspecified atom stereocenters. The summed E-state index contributed by atoms with van der Waals surface area (Å²) in [6, 6.07) is 4.12. The third-order valence-corrected chi connectivity index (χ3v) is 2.49. The van der Waals surface area contributed by atoms with Gasteiger partial charge in [0.05, 0.1) is 5.52 Å². The number of aromatic hydroxyl groups is 1. The highest BCUT2D eigenvalue weighted by Crippen LogP contribution is 2.14. The maximum atomic E-state index is 12.1. The molecule has 3 aromatic rings. The minimum absolute atomic E-state index is 0.0338. The fraction of sp³-hybridized carbons (Fsp3) is 0. The Morgan fingerprint density at radius 3 is 2.88 bits per heavy atom. The van der Waals surface area contributed by atoms with E-state index < -0.39 is 11.0 Å². The molecule has 0 amide bonds. The molecule has 0 saturated heterocycles. The van der Waals surface area contributed by atoms with Crippen molar-refractivity contribution in [1.82, 2.24) is 20.4 Å². The topological polar surface area (TPSA) is 112 Å². The molecule has 0 bridgehead atoms. The van der Waals surface area contributed by atoms with E-state index in [-0.39, 0.29) is 27.7 Å². The highest BCUT2D eigenvalue weighted by Gasteiger charge is 2.09. The van der Waals surface area contributed by atoms with Crippen molar-refractivity contribution in [2.75, 3.05) is 0 Å². The Morgan fingerprint density at radius 2 is 2.06 bits per heavy atom. The lowest BCUT2D eigenvalue weighted by molar-refractivity contribution is 0.476. The largest absolute Gasteiger partial charge is 0.508 e. The Morgan fingerprint density at radius 1 is 1.24 bits per heavy atom. The summed E-state index contributed by atoms with van der Waals surface area (Å²) in [5.74, 6) is -0.0338. The molecule has 7 nitrogen and oxygen atoms in total. The van der Waals surface area contributed by atoms with E-state index in [2.05, 4.69) is 20.4 Å². The van der Waals surface area contributed by atoms with Crippen LogP contribution in [0, 0.1) is 0 Å². The van der Waals surface area contributed by atoms with Crippen LogP contribution < -0.4 is 11.0 Å². The van der Waals surface area contributed by atoms with Gasteiger partial charge in [0.2, 0.25) is 5.43 Å². The second kappa shape index (κ2) is 3.14. The number of hydrogen-bond acceptors (Lipinski definition) is 5. The lowest BCUT2D eigenvalue weighted by Crippen LogP contribution is -2.02. The maximum Gasteiger partial charge on any atom is 0.278 e. The SMILES string of the molecule is O=c1[nH]c2cc(O)ccc2c(=O)c2[nH]nnc12. The van der Waals surface area contributed by atoms with E-state index in [1.54, 1.807) is 0 Å². The highest BCUT2D eigenvalue weighted by molar-refractivity contribution is 5.87. The summed E-state index contributed by atoms with van der Waals surface area (Å²) >= 11 is 0. The Balaban J connectivity index is 2.74. The second-order valence-electron chi connectivity index (χ2n) is 3.55. The Bertz CT molecular complexity index is 849. The molecular formula is C10H6N4O3. The molecule has 17 heavy (non-hydrogen) atoms. The average molecular weight is 230 g/mol. The van der Waals surface area contributed by atoms with Crippen molar-refractivity contribution in [2.45, 2.75) is 0 Å². The number of aromatic amines is 2. The van der Waals surface area contributed by atoms with Gasteiger partial charge in [-0.05, 0) is 12.1 Å².